The normalized spacial score (nSPS) is 13.4. The van der Waals surface area contributed by atoms with Gasteiger partial charge in [-0.25, -0.2) is 4.79 Å². The molecule has 0 fully saturated rings. The standard InChI is InChI=1S/C64H75ClN8O14S/c1-40-39-87-43(4)57(40)49-34-51-48(35-55(49)78-6)60-53(37-67-51)71(64(77)72(60)42(3)50-13-8-9-19-66-50)38-47(74)12-10-20-80-22-24-82-26-28-84-30-32-86-33-31-85-29-27-83-25-23-81-21-11-14-54(75)61-41(2)58-59(45-15-17-46(65)18-16-45)68-52(36-56(76)79-7)62-70-69-44(5)73(62)63(58)88-61/h8-9,13,15-19,34-35,37,39,42,52H,10-12,14,20-33,36,38H2,1-7H3. The molecule has 1 aliphatic rings. The van der Waals surface area contributed by atoms with Gasteiger partial charge in [0.25, 0.3) is 0 Å². The average Bonchev–Trinajstić information content (AvgIpc) is 1.62. The van der Waals surface area contributed by atoms with E-state index in [9.17, 15) is 19.2 Å². The van der Waals surface area contributed by atoms with Crippen LogP contribution < -0.4 is 10.4 Å². The van der Waals surface area contributed by atoms with Gasteiger partial charge in [0.1, 0.15) is 28.4 Å². The molecule has 0 radical (unpaired) electrons. The molecule has 0 bridgehead atoms. The van der Waals surface area contributed by atoms with Crippen molar-refractivity contribution >= 4 is 68.1 Å². The Kier molecular flexibility index (Phi) is 23.5. The van der Waals surface area contributed by atoms with E-state index in [1.165, 1.54) is 23.0 Å². The maximum atomic E-state index is 14.4. The second-order valence-corrected chi connectivity index (χ2v) is 22.4. The van der Waals surface area contributed by atoms with Crippen LogP contribution in [0.3, 0.4) is 0 Å². The molecule has 24 heteroatoms. The number of ketones is 2. The Bertz CT molecular complexity index is 3740. The van der Waals surface area contributed by atoms with Gasteiger partial charge in [-0.05, 0) is 95.0 Å². The number of pyridine rings is 2. The summed E-state index contributed by atoms with van der Waals surface area (Å²) in [6, 6.07) is 15.7. The van der Waals surface area contributed by atoms with E-state index >= 15 is 0 Å². The lowest BCUT2D eigenvalue weighted by Gasteiger charge is -2.15. The van der Waals surface area contributed by atoms with Gasteiger partial charge in [0.15, 0.2) is 17.4 Å². The van der Waals surface area contributed by atoms with Crippen LogP contribution in [0.15, 0.2) is 87.5 Å². The number of imidazole rings is 1. The van der Waals surface area contributed by atoms with Crippen molar-refractivity contribution in [2.24, 2.45) is 4.99 Å². The third-order valence-electron chi connectivity index (χ3n) is 15.0. The number of halogens is 1. The highest BCUT2D eigenvalue weighted by Gasteiger charge is 2.34. The fourth-order valence-electron chi connectivity index (χ4n) is 10.6. The summed E-state index contributed by atoms with van der Waals surface area (Å²) in [5.74, 6) is 1.94. The van der Waals surface area contributed by atoms with Crippen molar-refractivity contribution in [1.29, 1.82) is 0 Å². The first-order valence-corrected chi connectivity index (χ1v) is 30.6. The van der Waals surface area contributed by atoms with Crippen molar-refractivity contribution in [3.05, 3.63) is 139 Å². The first-order valence-electron chi connectivity index (χ1n) is 29.4. The van der Waals surface area contributed by atoms with Crippen molar-refractivity contribution in [2.45, 2.75) is 85.4 Å². The van der Waals surface area contributed by atoms with Crippen molar-refractivity contribution in [2.75, 3.05) is 107 Å². The maximum Gasteiger partial charge on any atom is 0.330 e. The SMILES string of the molecule is COC(=O)CC1N=C(c2ccc(Cl)cc2)c2c(sc(C(=O)CCCOCCOCCOCCOCCOCCOCCOCCCC(=O)Cn3c(=O)n(C(C)c4ccccn4)c4c5cc(OC)c(-c6c(C)coc6C)cc5ncc43)c2C)-n2c(C)nnc21. The van der Waals surface area contributed by atoms with E-state index in [0.29, 0.717) is 172 Å². The number of furan rings is 1. The molecule has 2 aromatic carbocycles. The Hall–Kier alpha value is -7.32. The van der Waals surface area contributed by atoms with Gasteiger partial charge < -0.3 is 47.0 Å². The minimum atomic E-state index is -0.656. The highest BCUT2D eigenvalue weighted by molar-refractivity contribution is 7.17. The van der Waals surface area contributed by atoms with Crippen molar-refractivity contribution < 1.29 is 61.4 Å². The fourth-order valence-corrected chi connectivity index (χ4v) is 12.1. The Labute approximate surface area is 519 Å². The molecule has 1 aliphatic heterocycles. The quantitative estimate of drug-likeness (QED) is 0.0201. The highest BCUT2D eigenvalue weighted by Crippen LogP contribution is 2.42. The predicted octanol–water partition coefficient (Wildman–Crippen LogP) is 9.74. The number of aromatic nitrogens is 7. The lowest BCUT2D eigenvalue weighted by atomic mass is 9.98. The fraction of sp³-hybridized carbons (Fsp3) is 0.453. The number of hydrogen-bond acceptors (Lipinski definition) is 20. The van der Waals surface area contributed by atoms with Gasteiger partial charge in [0, 0.05) is 64.9 Å². The number of Topliss-reactive ketones (excluding diaryl/α,β-unsaturated/α-hetero) is 2. The van der Waals surface area contributed by atoms with Crippen LogP contribution in [0.25, 0.3) is 38.1 Å². The number of benzene rings is 2. The van der Waals surface area contributed by atoms with Gasteiger partial charge in [-0.1, -0.05) is 29.8 Å². The Balaban J connectivity index is 0.595. The zero-order valence-electron chi connectivity index (χ0n) is 50.8. The molecular formula is C64H75ClN8O14S. The zero-order chi connectivity index (χ0) is 62.1. The van der Waals surface area contributed by atoms with E-state index in [2.05, 4.69) is 15.2 Å². The predicted molar refractivity (Wildman–Crippen MR) is 332 cm³/mol. The molecule has 9 rings (SSSR count). The summed E-state index contributed by atoms with van der Waals surface area (Å²) in [5.41, 5.74) is 7.94. The molecule has 22 nitrogen and oxygen atoms in total. The minimum Gasteiger partial charge on any atom is -0.496 e. The lowest BCUT2D eigenvalue weighted by Crippen LogP contribution is -2.29. The number of aliphatic imine (C=N–C) groups is 1. The second kappa shape index (κ2) is 31.7. The van der Waals surface area contributed by atoms with Crippen LogP contribution in [-0.4, -0.2) is 164 Å². The van der Waals surface area contributed by atoms with Crippen LogP contribution in [0.1, 0.15) is 106 Å². The molecule has 0 N–H and O–H groups in total. The monoisotopic (exact) mass is 1250 g/mol. The summed E-state index contributed by atoms with van der Waals surface area (Å²) in [4.78, 5) is 69.1. The van der Waals surface area contributed by atoms with Gasteiger partial charge in [-0.3, -0.25) is 43.0 Å². The Morgan fingerprint density at radius 3 is 1.95 bits per heavy atom. The molecule has 0 aliphatic carbocycles. The summed E-state index contributed by atoms with van der Waals surface area (Å²) in [5, 5.41) is 10.8. The summed E-state index contributed by atoms with van der Waals surface area (Å²) in [6.07, 6.45) is 6.59. The molecule has 88 heavy (non-hydrogen) atoms. The number of ether oxygens (including phenoxy) is 9. The molecule has 0 spiro atoms. The molecule has 468 valence electrons. The number of carbonyl (C=O) groups excluding carboxylic acids is 3. The summed E-state index contributed by atoms with van der Waals surface area (Å²) >= 11 is 7.61. The van der Waals surface area contributed by atoms with Crippen molar-refractivity contribution in [3.63, 3.8) is 0 Å². The van der Waals surface area contributed by atoms with Crippen LogP contribution in [0, 0.1) is 27.7 Å². The number of methoxy groups -OCH3 is 2. The number of nitrogens with zero attached hydrogens (tertiary/aromatic N) is 8. The molecule has 0 saturated heterocycles. The van der Waals surface area contributed by atoms with Crippen molar-refractivity contribution in [3.8, 4) is 21.9 Å². The first kappa shape index (κ1) is 65.1. The number of hydrogen-bond donors (Lipinski definition) is 0. The molecule has 6 aromatic heterocycles. The summed E-state index contributed by atoms with van der Waals surface area (Å²) in [6.45, 7) is 15.0. The van der Waals surface area contributed by atoms with Crippen LogP contribution >= 0.6 is 22.9 Å². The van der Waals surface area contributed by atoms with E-state index in [4.69, 9.17) is 68.6 Å². The van der Waals surface area contributed by atoms with E-state index in [1.54, 1.807) is 42.5 Å². The molecular weight excluding hydrogens is 1170 g/mol. The number of rotatable bonds is 36. The average molecular weight is 1250 g/mol. The number of fused-ring (bicyclic) bond motifs is 6. The molecule has 2 unspecified atom stereocenters. The van der Waals surface area contributed by atoms with E-state index in [0.717, 1.165) is 44.1 Å². The zero-order valence-corrected chi connectivity index (χ0v) is 52.4. The summed E-state index contributed by atoms with van der Waals surface area (Å²) < 4.78 is 61.3. The Morgan fingerprint density at radius 1 is 0.750 bits per heavy atom. The topological polar surface area (TPSA) is 243 Å². The Morgan fingerprint density at radius 2 is 1.38 bits per heavy atom. The first-order chi connectivity index (χ1) is 42.8. The number of carbonyl (C=O) groups is 3. The highest BCUT2D eigenvalue weighted by atomic mass is 35.5. The molecule has 2 atom stereocenters. The van der Waals surface area contributed by atoms with Gasteiger partial charge in [0.2, 0.25) is 0 Å². The van der Waals surface area contributed by atoms with Gasteiger partial charge in [-0.2, -0.15) is 0 Å². The molecule has 0 saturated carbocycles. The third kappa shape index (κ3) is 15.7. The second-order valence-electron chi connectivity index (χ2n) is 21.0. The molecule has 7 heterocycles. The largest absolute Gasteiger partial charge is 0.496 e. The van der Waals surface area contributed by atoms with Crippen LogP contribution in [0.5, 0.6) is 5.75 Å². The van der Waals surface area contributed by atoms with Gasteiger partial charge >= 0.3 is 11.7 Å². The van der Waals surface area contributed by atoms with Crippen LogP contribution in [-0.2, 0) is 54.0 Å². The van der Waals surface area contributed by atoms with Gasteiger partial charge in [-0.15, -0.1) is 21.5 Å². The lowest BCUT2D eigenvalue weighted by molar-refractivity contribution is -0.141. The summed E-state index contributed by atoms with van der Waals surface area (Å²) in [7, 11) is 2.95. The third-order valence-corrected chi connectivity index (χ3v) is 16.6. The molecule has 0 amide bonds. The molecule has 8 aromatic rings. The number of thiophene rings is 1. The van der Waals surface area contributed by atoms with Gasteiger partial charge in [0.05, 0.1) is 158 Å². The van der Waals surface area contributed by atoms with E-state index in [-0.39, 0.29) is 36.6 Å². The van der Waals surface area contributed by atoms with Crippen LogP contribution in [0.2, 0.25) is 5.02 Å². The van der Waals surface area contributed by atoms with Crippen LogP contribution in [0.4, 0.5) is 0 Å². The van der Waals surface area contributed by atoms with E-state index < -0.39 is 18.1 Å². The number of aryl methyl sites for hydroxylation is 3. The maximum absolute atomic E-state index is 14.4. The van der Waals surface area contributed by atoms with Crippen molar-refractivity contribution in [1.82, 2.24) is 33.9 Å². The smallest absolute Gasteiger partial charge is 0.330 e. The van der Waals surface area contributed by atoms with E-state index in [1.807, 2.05) is 81.7 Å². The minimum absolute atomic E-state index is 0.00464. The number of esters is 1.